The van der Waals surface area contributed by atoms with Crippen molar-refractivity contribution in [2.75, 3.05) is 5.32 Å². The lowest BCUT2D eigenvalue weighted by Gasteiger charge is -2.02. The Balaban J connectivity index is 2.86. The molecule has 0 saturated carbocycles. The van der Waals surface area contributed by atoms with Crippen molar-refractivity contribution in [2.24, 2.45) is 0 Å². The van der Waals surface area contributed by atoms with E-state index in [9.17, 15) is 4.79 Å². The number of anilines is 1. The fourth-order valence-corrected chi connectivity index (χ4v) is 0.828. The maximum Gasteiger partial charge on any atom is 0.409 e. The lowest BCUT2D eigenvalue weighted by Crippen LogP contribution is -2.16. The lowest BCUT2D eigenvalue weighted by atomic mass is 9.94. The van der Waals surface area contributed by atoms with Crippen molar-refractivity contribution in [3.05, 3.63) is 24.3 Å². The smallest absolute Gasteiger partial charge is 0.409 e. The van der Waals surface area contributed by atoms with Crippen molar-refractivity contribution < 1.29 is 9.90 Å². The minimum atomic E-state index is -1.03. The highest BCUT2D eigenvalue weighted by Crippen LogP contribution is 1.99. The van der Waals surface area contributed by atoms with Gasteiger partial charge >= 0.3 is 6.09 Å². The molecule has 0 aliphatic rings. The molecule has 0 saturated heterocycles. The Bertz CT molecular complexity index is 275. The molecule has 0 aliphatic heterocycles. The number of hydrogen-bond acceptors (Lipinski definition) is 1. The average Bonchev–Trinajstić information content (AvgIpc) is 1.93. The minimum absolute atomic E-state index is 0.639. The van der Waals surface area contributed by atoms with Crippen molar-refractivity contribution in [3.8, 4) is 0 Å². The molecule has 1 aromatic carbocycles. The quantitative estimate of drug-likeness (QED) is 0.553. The van der Waals surface area contributed by atoms with E-state index in [-0.39, 0.29) is 0 Å². The Morgan fingerprint density at radius 2 is 2.09 bits per heavy atom. The van der Waals surface area contributed by atoms with Gasteiger partial charge in [-0.1, -0.05) is 23.7 Å². The van der Waals surface area contributed by atoms with Gasteiger partial charge in [0.25, 0.3) is 0 Å². The second-order valence-corrected chi connectivity index (χ2v) is 2.25. The van der Waals surface area contributed by atoms with Gasteiger partial charge in [-0.3, -0.25) is 5.32 Å². The summed E-state index contributed by atoms with van der Waals surface area (Å²) in [6.45, 7) is 0. The molecule has 0 heterocycles. The van der Waals surface area contributed by atoms with Crippen LogP contribution in [0.2, 0.25) is 0 Å². The molecule has 0 spiro atoms. The molecule has 0 aliphatic carbocycles. The van der Waals surface area contributed by atoms with Crippen molar-refractivity contribution in [2.45, 2.75) is 0 Å². The molecule has 11 heavy (non-hydrogen) atoms. The standard InChI is InChI=1S/C7H8BNO2/c8-5-3-1-2-4-6(5)9-7(10)11/h1-4,9H,8H2,(H,10,11). The Hall–Kier alpha value is -1.45. The zero-order chi connectivity index (χ0) is 8.27. The fourth-order valence-electron chi connectivity index (χ4n) is 0.828. The summed E-state index contributed by atoms with van der Waals surface area (Å²) in [5, 5.41) is 10.7. The van der Waals surface area contributed by atoms with Crippen molar-refractivity contribution in [3.63, 3.8) is 0 Å². The van der Waals surface area contributed by atoms with Crippen LogP contribution in [-0.4, -0.2) is 19.0 Å². The van der Waals surface area contributed by atoms with Crippen LogP contribution >= 0.6 is 0 Å². The first-order valence-electron chi connectivity index (χ1n) is 3.26. The fraction of sp³-hybridized carbons (Fsp3) is 0. The molecule has 3 nitrogen and oxygen atoms in total. The van der Waals surface area contributed by atoms with Gasteiger partial charge in [0, 0.05) is 5.69 Å². The molecule has 0 radical (unpaired) electrons. The monoisotopic (exact) mass is 149 g/mol. The number of benzene rings is 1. The van der Waals surface area contributed by atoms with Gasteiger partial charge in [0.1, 0.15) is 7.85 Å². The summed E-state index contributed by atoms with van der Waals surface area (Å²) >= 11 is 0. The van der Waals surface area contributed by atoms with Gasteiger partial charge < -0.3 is 5.11 Å². The molecule has 0 fully saturated rings. The molecule has 1 amide bonds. The maximum absolute atomic E-state index is 10.2. The van der Waals surface area contributed by atoms with E-state index in [2.05, 4.69) is 5.32 Å². The third-order valence-electron chi connectivity index (χ3n) is 1.39. The average molecular weight is 149 g/mol. The van der Waals surface area contributed by atoms with E-state index < -0.39 is 6.09 Å². The second-order valence-electron chi connectivity index (χ2n) is 2.25. The van der Waals surface area contributed by atoms with Gasteiger partial charge in [-0.15, -0.1) is 0 Å². The molecule has 56 valence electrons. The zero-order valence-electron chi connectivity index (χ0n) is 6.16. The number of carbonyl (C=O) groups is 1. The topological polar surface area (TPSA) is 49.3 Å². The first-order valence-corrected chi connectivity index (χ1v) is 3.26. The van der Waals surface area contributed by atoms with E-state index in [1.54, 1.807) is 12.1 Å². The molecule has 0 aromatic heterocycles. The maximum atomic E-state index is 10.2. The van der Waals surface area contributed by atoms with Crippen LogP contribution in [0.1, 0.15) is 0 Å². The van der Waals surface area contributed by atoms with Gasteiger partial charge in [-0.05, 0) is 6.07 Å². The van der Waals surface area contributed by atoms with Crippen molar-refractivity contribution in [1.29, 1.82) is 0 Å². The highest BCUT2D eigenvalue weighted by Gasteiger charge is 1.98. The van der Waals surface area contributed by atoms with E-state index in [1.807, 2.05) is 20.0 Å². The summed E-state index contributed by atoms with van der Waals surface area (Å²) in [6.07, 6.45) is -1.03. The molecular formula is C7H8BNO2. The first kappa shape index (κ1) is 7.66. The third kappa shape index (κ3) is 2.00. The molecule has 1 aromatic rings. The van der Waals surface area contributed by atoms with E-state index >= 15 is 0 Å². The number of para-hydroxylation sites is 1. The van der Waals surface area contributed by atoms with Crippen LogP contribution in [0.25, 0.3) is 0 Å². The van der Waals surface area contributed by atoms with Crippen LogP contribution in [-0.2, 0) is 0 Å². The number of hydrogen-bond donors (Lipinski definition) is 2. The summed E-state index contributed by atoms with van der Waals surface area (Å²) in [7, 11) is 1.85. The molecule has 4 heteroatoms. The number of rotatable bonds is 1. The predicted octanol–water partition coefficient (Wildman–Crippen LogP) is 0.0349. The Morgan fingerprint density at radius 3 is 2.64 bits per heavy atom. The molecule has 2 N–H and O–H groups in total. The summed E-state index contributed by atoms with van der Waals surface area (Å²) < 4.78 is 0. The summed E-state index contributed by atoms with van der Waals surface area (Å²) in [6, 6.07) is 7.23. The third-order valence-corrected chi connectivity index (χ3v) is 1.39. The number of carboxylic acid groups (broad SMARTS) is 1. The van der Waals surface area contributed by atoms with Gasteiger partial charge in [-0.25, -0.2) is 4.79 Å². The van der Waals surface area contributed by atoms with Crippen molar-refractivity contribution >= 4 is 25.1 Å². The number of amides is 1. The first-order chi connectivity index (χ1) is 5.20. The predicted molar refractivity (Wildman–Crippen MR) is 46.3 cm³/mol. The molecule has 0 bridgehead atoms. The molecule has 0 atom stereocenters. The summed E-state index contributed by atoms with van der Waals surface area (Å²) in [5.41, 5.74) is 1.56. The molecule has 1 rings (SSSR count). The zero-order valence-corrected chi connectivity index (χ0v) is 6.16. The summed E-state index contributed by atoms with van der Waals surface area (Å²) in [4.78, 5) is 10.2. The van der Waals surface area contributed by atoms with E-state index in [0.717, 1.165) is 5.46 Å². The van der Waals surface area contributed by atoms with Crippen LogP contribution < -0.4 is 10.8 Å². The van der Waals surface area contributed by atoms with E-state index in [4.69, 9.17) is 5.11 Å². The Morgan fingerprint density at radius 1 is 1.45 bits per heavy atom. The van der Waals surface area contributed by atoms with E-state index in [1.165, 1.54) is 0 Å². The largest absolute Gasteiger partial charge is 0.465 e. The van der Waals surface area contributed by atoms with Crippen LogP contribution in [0.3, 0.4) is 0 Å². The van der Waals surface area contributed by atoms with Gasteiger partial charge in [0.15, 0.2) is 0 Å². The molecule has 0 unspecified atom stereocenters. The van der Waals surface area contributed by atoms with Crippen LogP contribution in [0, 0.1) is 0 Å². The summed E-state index contributed by atoms with van der Waals surface area (Å²) in [5.74, 6) is 0. The van der Waals surface area contributed by atoms with Gasteiger partial charge in [-0.2, -0.15) is 0 Å². The molecular weight excluding hydrogens is 141 g/mol. The van der Waals surface area contributed by atoms with E-state index in [0.29, 0.717) is 5.69 Å². The van der Waals surface area contributed by atoms with Crippen LogP contribution in [0.4, 0.5) is 10.5 Å². The minimum Gasteiger partial charge on any atom is -0.465 e. The van der Waals surface area contributed by atoms with Gasteiger partial charge in [0.2, 0.25) is 0 Å². The van der Waals surface area contributed by atoms with Gasteiger partial charge in [0.05, 0.1) is 0 Å². The lowest BCUT2D eigenvalue weighted by molar-refractivity contribution is 0.210. The van der Waals surface area contributed by atoms with Crippen LogP contribution in [0.15, 0.2) is 24.3 Å². The highest BCUT2D eigenvalue weighted by atomic mass is 16.4. The Kier molecular flexibility index (Phi) is 2.16. The SMILES string of the molecule is Bc1ccccc1NC(=O)O. The Labute approximate surface area is 65.5 Å². The van der Waals surface area contributed by atoms with Crippen LogP contribution in [0.5, 0.6) is 0 Å². The second kappa shape index (κ2) is 3.10. The normalized spacial score (nSPS) is 9.09. The highest BCUT2D eigenvalue weighted by molar-refractivity contribution is 6.36. The number of nitrogens with one attached hydrogen (secondary N) is 1. The van der Waals surface area contributed by atoms with Crippen molar-refractivity contribution in [1.82, 2.24) is 0 Å².